The molecule has 34 heavy (non-hydrogen) atoms. The van der Waals surface area contributed by atoms with Crippen molar-refractivity contribution in [2.75, 3.05) is 0 Å². The van der Waals surface area contributed by atoms with Crippen molar-refractivity contribution in [1.29, 1.82) is 0 Å². The van der Waals surface area contributed by atoms with Gasteiger partial charge >= 0.3 is 0 Å². The molecule has 0 saturated heterocycles. The van der Waals surface area contributed by atoms with E-state index in [1.54, 1.807) is 0 Å². The molecule has 0 radical (unpaired) electrons. The van der Waals surface area contributed by atoms with Gasteiger partial charge in [-0.2, -0.15) is 17.7 Å². The molecule has 5 rings (SSSR count). The molecule has 0 spiro atoms. The summed E-state index contributed by atoms with van der Waals surface area (Å²) >= 11 is 0. The summed E-state index contributed by atoms with van der Waals surface area (Å²) in [6.07, 6.45) is 15.7. The summed E-state index contributed by atoms with van der Waals surface area (Å²) in [5.74, 6) is 0. The van der Waals surface area contributed by atoms with E-state index in [0.717, 1.165) is 12.8 Å². The quantitative estimate of drug-likeness (QED) is 0.220. The SMILES string of the molecule is Cc1cc2c(cc1-c1ccccc1)=C1C=CC(C)(CCCCc3ccccc3)[C-]=C1C=2.Cl.Cl.[Zr]. The summed E-state index contributed by atoms with van der Waals surface area (Å²) in [4.78, 5) is 0. The van der Waals surface area contributed by atoms with Gasteiger partial charge in [0.05, 0.1) is 0 Å². The van der Waals surface area contributed by atoms with E-state index in [9.17, 15) is 0 Å². The summed E-state index contributed by atoms with van der Waals surface area (Å²) in [7, 11) is 0. The Morgan fingerprint density at radius 2 is 1.53 bits per heavy atom. The number of allylic oxidation sites excluding steroid dienone is 4. The van der Waals surface area contributed by atoms with Crippen LogP contribution in [0.25, 0.3) is 22.8 Å². The Bertz CT molecular complexity index is 1290. The van der Waals surface area contributed by atoms with Crippen LogP contribution in [0.15, 0.2) is 90.5 Å². The Hall–Kier alpha value is -1.66. The molecule has 2 aliphatic rings. The predicted molar refractivity (Wildman–Crippen MR) is 146 cm³/mol. The van der Waals surface area contributed by atoms with Crippen molar-refractivity contribution in [3.05, 3.63) is 118 Å². The van der Waals surface area contributed by atoms with Crippen molar-refractivity contribution >= 4 is 36.5 Å². The van der Waals surface area contributed by atoms with Gasteiger partial charge in [0.25, 0.3) is 0 Å². The first-order valence-corrected chi connectivity index (χ1v) is 11.4. The first-order valence-electron chi connectivity index (χ1n) is 11.4. The first-order chi connectivity index (χ1) is 15.1. The average Bonchev–Trinajstić information content (AvgIpc) is 3.13. The van der Waals surface area contributed by atoms with Crippen molar-refractivity contribution in [3.8, 4) is 11.1 Å². The van der Waals surface area contributed by atoms with E-state index in [2.05, 4.69) is 111 Å². The number of hydrogen-bond acceptors (Lipinski definition) is 0. The monoisotopic (exact) mass is 563 g/mol. The van der Waals surface area contributed by atoms with E-state index < -0.39 is 0 Å². The number of halogens is 2. The zero-order valence-corrected chi connectivity index (χ0v) is 23.9. The van der Waals surface area contributed by atoms with E-state index in [4.69, 9.17) is 0 Å². The molecule has 174 valence electrons. The van der Waals surface area contributed by atoms with Crippen LogP contribution in [0.3, 0.4) is 0 Å². The minimum atomic E-state index is 0. The summed E-state index contributed by atoms with van der Waals surface area (Å²) in [5.41, 5.74) is 7.99. The maximum absolute atomic E-state index is 3.85. The van der Waals surface area contributed by atoms with Crippen molar-refractivity contribution < 1.29 is 26.2 Å². The molecule has 0 fully saturated rings. The van der Waals surface area contributed by atoms with E-state index in [1.807, 2.05) is 0 Å². The molecule has 3 aromatic rings. The number of unbranched alkanes of at least 4 members (excludes halogenated alkanes) is 1. The zero-order chi connectivity index (χ0) is 21.3. The number of aryl methyl sites for hydroxylation is 2. The van der Waals surface area contributed by atoms with Crippen molar-refractivity contribution in [2.45, 2.75) is 39.5 Å². The van der Waals surface area contributed by atoms with Gasteiger partial charge < -0.3 is 0 Å². The second-order valence-corrected chi connectivity index (χ2v) is 9.16. The molecule has 0 aliphatic heterocycles. The number of benzene rings is 3. The second-order valence-electron chi connectivity index (χ2n) is 9.16. The number of rotatable bonds is 6. The number of fused-ring (bicyclic) bond motifs is 2. The molecule has 0 N–H and O–H groups in total. The standard InChI is InChI=1S/C31H29.2ClH.Zr/c1-23-19-26-20-27-22-31(2,17-10-9-13-24-11-5-3-6-12-24)18-16-28(27)30(26)21-29(23)25-14-7-4-8-15-25;;;/h3-8,11-12,14-16,18-21H,9-10,13,17H2,1-2H3;2*1H;/q-1;;;. The van der Waals surface area contributed by atoms with Crippen molar-refractivity contribution in [3.63, 3.8) is 0 Å². The van der Waals surface area contributed by atoms with Crippen LogP contribution in [0, 0.1) is 18.4 Å². The van der Waals surface area contributed by atoms with Crippen LogP contribution in [-0.2, 0) is 32.6 Å². The third kappa shape index (κ3) is 6.12. The fourth-order valence-electron chi connectivity index (χ4n) is 4.90. The molecule has 0 aromatic heterocycles. The average molecular weight is 566 g/mol. The predicted octanol–water partition coefficient (Wildman–Crippen LogP) is 7.17. The van der Waals surface area contributed by atoms with Crippen LogP contribution in [0.4, 0.5) is 0 Å². The molecule has 0 nitrogen and oxygen atoms in total. The largest absolute Gasteiger partial charge is 0.190 e. The van der Waals surface area contributed by atoms with Crippen LogP contribution < -0.4 is 10.4 Å². The van der Waals surface area contributed by atoms with Crippen LogP contribution in [0.5, 0.6) is 0 Å². The Kier molecular flexibility index (Phi) is 10.4. The minimum Gasteiger partial charge on any atom is -0.190 e. The van der Waals surface area contributed by atoms with E-state index >= 15 is 0 Å². The van der Waals surface area contributed by atoms with Crippen LogP contribution in [0.2, 0.25) is 0 Å². The maximum Gasteiger partial charge on any atom is 0 e. The number of hydrogen-bond donors (Lipinski definition) is 0. The zero-order valence-electron chi connectivity index (χ0n) is 19.8. The molecule has 3 aromatic carbocycles. The van der Waals surface area contributed by atoms with Gasteiger partial charge in [-0.1, -0.05) is 109 Å². The van der Waals surface area contributed by atoms with Gasteiger partial charge in [-0.15, -0.1) is 36.5 Å². The van der Waals surface area contributed by atoms with Gasteiger partial charge in [0, 0.05) is 26.2 Å². The smallest absolute Gasteiger partial charge is 0 e. The molecule has 0 amide bonds. The maximum atomic E-state index is 3.85. The fourth-order valence-corrected chi connectivity index (χ4v) is 4.90. The molecule has 2 aliphatic carbocycles. The third-order valence-corrected chi connectivity index (χ3v) is 6.65. The van der Waals surface area contributed by atoms with Crippen molar-refractivity contribution in [1.82, 2.24) is 0 Å². The van der Waals surface area contributed by atoms with Crippen LogP contribution in [-0.4, -0.2) is 0 Å². The van der Waals surface area contributed by atoms with Crippen LogP contribution in [0.1, 0.15) is 37.3 Å². The van der Waals surface area contributed by atoms with E-state index in [1.165, 1.54) is 56.7 Å². The molecule has 1 unspecified atom stereocenters. The molecular weight excluding hydrogens is 534 g/mol. The van der Waals surface area contributed by atoms with Crippen LogP contribution >= 0.6 is 24.8 Å². The Labute approximate surface area is 235 Å². The Morgan fingerprint density at radius 3 is 2.24 bits per heavy atom. The molecule has 3 heteroatoms. The molecule has 1 atom stereocenters. The second kappa shape index (κ2) is 12.3. The summed E-state index contributed by atoms with van der Waals surface area (Å²) in [5, 5.41) is 2.67. The summed E-state index contributed by atoms with van der Waals surface area (Å²) < 4.78 is 0. The Morgan fingerprint density at radius 1 is 0.853 bits per heavy atom. The van der Waals surface area contributed by atoms with Gasteiger partial charge in [0.1, 0.15) is 0 Å². The van der Waals surface area contributed by atoms with Gasteiger partial charge in [-0.05, 0) is 47.4 Å². The summed E-state index contributed by atoms with van der Waals surface area (Å²) in [6, 6.07) is 26.2. The molecule has 0 saturated carbocycles. The fraction of sp³-hybridized carbons (Fsp3) is 0.226. The molecule has 0 heterocycles. The Balaban J connectivity index is 0.00000136. The first kappa shape index (κ1) is 28.6. The van der Waals surface area contributed by atoms with Crippen molar-refractivity contribution in [2.24, 2.45) is 5.41 Å². The van der Waals surface area contributed by atoms with Gasteiger partial charge in [-0.25, -0.2) is 0 Å². The van der Waals surface area contributed by atoms with Gasteiger partial charge in [0.2, 0.25) is 0 Å². The topological polar surface area (TPSA) is 0 Å². The summed E-state index contributed by atoms with van der Waals surface area (Å²) in [6.45, 7) is 4.54. The minimum absolute atomic E-state index is 0. The van der Waals surface area contributed by atoms with E-state index in [-0.39, 0.29) is 56.4 Å². The molecular formula is C31H31Cl2Zr-. The van der Waals surface area contributed by atoms with Gasteiger partial charge in [0.15, 0.2) is 0 Å². The molecule has 0 bridgehead atoms. The van der Waals surface area contributed by atoms with Gasteiger partial charge in [-0.3, -0.25) is 0 Å². The third-order valence-electron chi connectivity index (χ3n) is 6.65. The normalized spacial score (nSPS) is 17.2. The van der Waals surface area contributed by atoms with E-state index in [0.29, 0.717) is 0 Å².